The van der Waals surface area contributed by atoms with Crippen LogP contribution in [0.15, 0.2) is 12.1 Å². The van der Waals surface area contributed by atoms with Gasteiger partial charge in [-0.05, 0) is 18.6 Å². The van der Waals surface area contributed by atoms with Gasteiger partial charge in [0.1, 0.15) is 0 Å². The fourth-order valence-corrected chi connectivity index (χ4v) is 2.03. The number of hydrogen-bond donors (Lipinski definition) is 1. The van der Waals surface area contributed by atoms with E-state index in [2.05, 4.69) is 27.9 Å². The normalized spacial score (nSPS) is 9.89. The third-order valence-electron chi connectivity index (χ3n) is 2.54. The smallest absolute Gasteiger partial charge is 0.255 e. The molecule has 0 bridgehead atoms. The number of carbonyl (C=O) groups is 1. The van der Waals surface area contributed by atoms with Gasteiger partial charge in [-0.3, -0.25) is 4.79 Å². The molecule has 0 fully saturated rings. The number of amides is 1. The maximum Gasteiger partial charge on any atom is 0.255 e. The minimum absolute atomic E-state index is 0.178. The summed E-state index contributed by atoms with van der Waals surface area (Å²) < 4.78 is 16.7. The molecular weight excluding hydrogens is 361 g/mol. The van der Waals surface area contributed by atoms with Gasteiger partial charge in [-0.25, -0.2) is 0 Å². The van der Waals surface area contributed by atoms with E-state index in [9.17, 15) is 4.79 Å². The van der Waals surface area contributed by atoms with Crippen LogP contribution in [-0.4, -0.2) is 38.2 Å². The molecule has 6 heteroatoms. The Hall–Kier alpha value is -1.18. The number of halogens is 1. The Kier molecular flexibility index (Phi) is 6.75. The van der Waals surface area contributed by atoms with Crippen molar-refractivity contribution in [2.75, 3.05) is 32.3 Å². The van der Waals surface area contributed by atoms with E-state index in [1.54, 1.807) is 12.1 Å². The summed E-state index contributed by atoms with van der Waals surface area (Å²) in [6, 6.07) is 3.36. The highest BCUT2D eigenvalue weighted by molar-refractivity contribution is 14.1. The number of benzene rings is 1. The maximum atomic E-state index is 12.1. The van der Waals surface area contributed by atoms with Crippen molar-refractivity contribution in [1.29, 1.82) is 0 Å². The zero-order valence-electron chi connectivity index (χ0n) is 11.3. The van der Waals surface area contributed by atoms with Crippen LogP contribution in [0.5, 0.6) is 17.2 Å². The molecule has 0 spiro atoms. The summed E-state index contributed by atoms with van der Waals surface area (Å²) in [6.07, 6.45) is 0.932. The highest BCUT2D eigenvalue weighted by Gasteiger charge is 2.20. The summed E-state index contributed by atoms with van der Waals surface area (Å²) in [6.45, 7) is 0.638. The van der Waals surface area contributed by atoms with Crippen molar-refractivity contribution >= 4 is 28.5 Å². The molecule has 1 N–H and O–H groups in total. The van der Waals surface area contributed by atoms with E-state index in [-0.39, 0.29) is 5.91 Å². The van der Waals surface area contributed by atoms with Crippen molar-refractivity contribution in [1.82, 2.24) is 5.32 Å². The van der Waals surface area contributed by atoms with E-state index in [0.29, 0.717) is 29.4 Å². The first-order chi connectivity index (χ1) is 9.19. The lowest BCUT2D eigenvalue weighted by molar-refractivity contribution is 0.0950. The fourth-order valence-electron chi connectivity index (χ4n) is 1.64. The minimum atomic E-state index is -0.178. The van der Waals surface area contributed by atoms with Gasteiger partial charge in [0.15, 0.2) is 11.5 Å². The van der Waals surface area contributed by atoms with Crippen molar-refractivity contribution in [3.8, 4) is 17.2 Å². The van der Waals surface area contributed by atoms with E-state index >= 15 is 0 Å². The van der Waals surface area contributed by atoms with Gasteiger partial charge in [-0.15, -0.1) is 0 Å². The molecule has 0 atom stereocenters. The predicted molar refractivity (Wildman–Crippen MR) is 81.9 cm³/mol. The number of rotatable bonds is 7. The Morgan fingerprint density at radius 2 is 1.84 bits per heavy atom. The summed E-state index contributed by atoms with van der Waals surface area (Å²) in [4.78, 5) is 12.1. The van der Waals surface area contributed by atoms with Crippen LogP contribution in [0.2, 0.25) is 0 Å². The van der Waals surface area contributed by atoms with Crippen LogP contribution in [-0.2, 0) is 0 Å². The Morgan fingerprint density at radius 3 is 2.37 bits per heavy atom. The molecule has 106 valence electrons. The van der Waals surface area contributed by atoms with Crippen molar-refractivity contribution in [3.63, 3.8) is 0 Å². The van der Waals surface area contributed by atoms with Crippen molar-refractivity contribution < 1.29 is 19.0 Å². The van der Waals surface area contributed by atoms with Gasteiger partial charge in [0, 0.05) is 11.0 Å². The van der Waals surface area contributed by atoms with Crippen LogP contribution in [0.25, 0.3) is 0 Å². The first-order valence-electron chi connectivity index (χ1n) is 5.82. The molecule has 0 saturated carbocycles. The summed E-state index contributed by atoms with van der Waals surface area (Å²) in [5, 5.41) is 2.84. The summed E-state index contributed by atoms with van der Waals surface area (Å²) in [7, 11) is 4.55. The second-order valence-electron chi connectivity index (χ2n) is 3.68. The van der Waals surface area contributed by atoms with Gasteiger partial charge in [-0.1, -0.05) is 22.6 Å². The van der Waals surface area contributed by atoms with E-state index in [4.69, 9.17) is 14.2 Å². The molecular formula is C13H18INO4. The number of alkyl halides is 1. The molecule has 0 aliphatic rings. The second kappa shape index (κ2) is 8.08. The van der Waals surface area contributed by atoms with Crippen LogP contribution >= 0.6 is 22.6 Å². The molecule has 19 heavy (non-hydrogen) atoms. The highest BCUT2D eigenvalue weighted by Crippen LogP contribution is 2.39. The monoisotopic (exact) mass is 379 g/mol. The molecule has 0 radical (unpaired) electrons. The molecule has 1 aromatic rings. The second-order valence-corrected chi connectivity index (χ2v) is 4.76. The Bertz CT molecular complexity index is 437. The molecule has 1 amide bonds. The van der Waals surface area contributed by atoms with Crippen molar-refractivity contribution in [2.45, 2.75) is 6.42 Å². The van der Waals surface area contributed by atoms with Crippen molar-refractivity contribution in [3.05, 3.63) is 17.7 Å². The number of hydrogen-bond acceptors (Lipinski definition) is 4. The Morgan fingerprint density at radius 1 is 1.16 bits per heavy atom. The molecule has 5 nitrogen and oxygen atoms in total. The fraction of sp³-hybridized carbons (Fsp3) is 0.462. The molecule has 0 heterocycles. The largest absolute Gasteiger partial charge is 0.493 e. The zero-order chi connectivity index (χ0) is 14.3. The molecule has 0 aromatic heterocycles. The average molecular weight is 379 g/mol. The average Bonchev–Trinajstić information content (AvgIpc) is 2.45. The third-order valence-corrected chi connectivity index (χ3v) is 3.31. The Labute approximate surface area is 126 Å². The lowest BCUT2D eigenvalue weighted by Crippen LogP contribution is -2.25. The summed E-state index contributed by atoms with van der Waals surface area (Å²) in [5.74, 6) is 1.16. The zero-order valence-corrected chi connectivity index (χ0v) is 13.4. The van der Waals surface area contributed by atoms with E-state index in [1.165, 1.54) is 21.3 Å². The molecule has 0 aliphatic heterocycles. The molecule has 1 aromatic carbocycles. The van der Waals surface area contributed by atoms with Crippen LogP contribution in [0.1, 0.15) is 16.8 Å². The summed E-state index contributed by atoms with van der Waals surface area (Å²) >= 11 is 2.27. The van der Waals surface area contributed by atoms with Crippen LogP contribution in [0, 0.1) is 0 Å². The van der Waals surface area contributed by atoms with Crippen LogP contribution in [0.3, 0.4) is 0 Å². The number of nitrogens with one attached hydrogen (secondary N) is 1. The molecule has 0 aliphatic carbocycles. The standard InChI is InChI=1S/C13H18INO4/c1-17-10-6-5-9(11(18-2)12(10)19-3)13(16)15-8-4-7-14/h5-6H,4,7-8H2,1-3H3,(H,15,16). The lowest BCUT2D eigenvalue weighted by Gasteiger charge is -2.15. The van der Waals surface area contributed by atoms with E-state index in [0.717, 1.165) is 10.8 Å². The van der Waals surface area contributed by atoms with Crippen molar-refractivity contribution in [2.24, 2.45) is 0 Å². The molecule has 0 unspecified atom stereocenters. The highest BCUT2D eigenvalue weighted by atomic mass is 127. The van der Waals surface area contributed by atoms with Gasteiger partial charge in [0.2, 0.25) is 5.75 Å². The van der Waals surface area contributed by atoms with E-state index < -0.39 is 0 Å². The Balaban J connectivity index is 3.03. The number of carbonyl (C=O) groups excluding carboxylic acids is 1. The number of ether oxygens (including phenoxy) is 3. The maximum absolute atomic E-state index is 12.1. The van der Waals surface area contributed by atoms with Crippen LogP contribution in [0.4, 0.5) is 0 Å². The van der Waals surface area contributed by atoms with Gasteiger partial charge < -0.3 is 19.5 Å². The van der Waals surface area contributed by atoms with Crippen LogP contribution < -0.4 is 19.5 Å². The SMILES string of the molecule is COc1ccc(C(=O)NCCCI)c(OC)c1OC. The van der Waals surface area contributed by atoms with E-state index in [1.807, 2.05) is 0 Å². The first-order valence-corrected chi connectivity index (χ1v) is 7.35. The molecule has 1 rings (SSSR count). The van der Waals surface area contributed by atoms with Gasteiger partial charge in [-0.2, -0.15) is 0 Å². The third kappa shape index (κ3) is 3.89. The van der Waals surface area contributed by atoms with Gasteiger partial charge >= 0.3 is 0 Å². The lowest BCUT2D eigenvalue weighted by atomic mass is 10.1. The van der Waals surface area contributed by atoms with Gasteiger partial charge in [0.25, 0.3) is 5.91 Å². The first kappa shape index (κ1) is 15.9. The predicted octanol–water partition coefficient (Wildman–Crippen LogP) is 2.27. The quantitative estimate of drug-likeness (QED) is 0.449. The summed E-state index contributed by atoms with van der Waals surface area (Å²) in [5.41, 5.74) is 0.439. The number of methoxy groups -OCH3 is 3. The topological polar surface area (TPSA) is 56.8 Å². The van der Waals surface area contributed by atoms with Gasteiger partial charge in [0.05, 0.1) is 26.9 Å². The molecule has 0 saturated heterocycles. The minimum Gasteiger partial charge on any atom is -0.493 e.